The van der Waals surface area contributed by atoms with Gasteiger partial charge >= 0.3 is 0 Å². The fraction of sp³-hybridized carbons (Fsp3) is 0.250. The van der Waals surface area contributed by atoms with Crippen LogP contribution in [0.4, 0.5) is 0 Å². The Kier molecular flexibility index (Phi) is 2.13. The van der Waals surface area contributed by atoms with Gasteiger partial charge in [0.05, 0.1) is 11.4 Å². The normalized spacial score (nSPS) is 13.4. The summed E-state index contributed by atoms with van der Waals surface area (Å²) in [4.78, 5) is 0. The van der Waals surface area contributed by atoms with E-state index in [0.717, 1.165) is 23.9 Å². The molecule has 0 radical (unpaired) electrons. The van der Waals surface area contributed by atoms with E-state index in [1.165, 1.54) is 16.9 Å². The molecular formula is C12H11BrN2. The average molecular weight is 263 g/mol. The second kappa shape index (κ2) is 3.49. The van der Waals surface area contributed by atoms with Crippen molar-refractivity contribution in [2.75, 3.05) is 0 Å². The molecule has 2 heterocycles. The third kappa shape index (κ3) is 1.42. The fourth-order valence-electron chi connectivity index (χ4n) is 2.12. The first-order valence-electron chi connectivity index (χ1n) is 5.10. The zero-order valence-electron chi connectivity index (χ0n) is 8.28. The molecule has 0 aliphatic carbocycles. The lowest BCUT2D eigenvalue weighted by atomic mass is 10.0. The highest BCUT2D eigenvalue weighted by atomic mass is 79.9. The van der Waals surface area contributed by atoms with Gasteiger partial charge in [0.1, 0.15) is 0 Å². The number of rotatable bonds is 1. The minimum absolute atomic E-state index is 0.829. The molecule has 2 nitrogen and oxygen atoms in total. The van der Waals surface area contributed by atoms with E-state index in [4.69, 9.17) is 0 Å². The van der Waals surface area contributed by atoms with Crippen LogP contribution < -0.4 is 0 Å². The molecule has 2 aromatic rings. The van der Waals surface area contributed by atoms with Crippen molar-refractivity contribution in [1.82, 2.24) is 9.78 Å². The molecule has 1 aliphatic heterocycles. The van der Waals surface area contributed by atoms with Gasteiger partial charge in [-0.2, -0.15) is 5.10 Å². The lowest BCUT2D eigenvalue weighted by Crippen LogP contribution is -2.12. The Bertz CT molecular complexity index is 502. The molecule has 76 valence electrons. The molecule has 0 spiro atoms. The SMILES string of the molecule is BrCc1cc2n(n1)-c1ccccc1CC2. The van der Waals surface area contributed by atoms with Crippen molar-refractivity contribution < 1.29 is 0 Å². The highest BCUT2D eigenvalue weighted by Crippen LogP contribution is 2.24. The van der Waals surface area contributed by atoms with Gasteiger partial charge in [0, 0.05) is 11.0 Å². The highest BCUT2D eigenvalue weighted by molar-refractivity contribution is 9.08. The van der Waals surface area contributed by atoms with Crippen LogP contribution in [0.25, 0.3) is 5.69 Å². The van der Waals surface area contributed by atoms with Gasteiger partial charge in [-0.25, -0.2) is 4.68 Å². The Hall–Kier alpha value is -1.09. The minimum Gasteiger partial charge on any atom is -0.237 e. The van der Waals surface area contributed by atoms with E-state index in [9.17, 15) is 0 Å². The molecule has 1 aromatic heterocycles. The summed E-state index contributed by atoms with van der Waals surface area (Å²) in [6.07, 6.45) is 2.22. The monoisotopic (exact) mass is 262 g/mol. The third-order valence-corrected chi connectivity index (χ3v) is 3.42. The number of halogens is 1. The molecule has 3 rings (SSSR count). The van der Waals surface area contributed by atoms with Crippen LogP contribution in [0.1, 0.15) is 17.0 Å². The Morgan fingerprint density at radius 1 is 1.27 bits per heavy atom. The second-order valence-electron chi connectivity index (χ2n) is 3.80. The Morgan fingerprint density at radius 2 is 2.13 bits per heavy atom. The van der Waals surface area contributed by atoms with Crippen LogP contribution in [0.2, 0.25) is 0 Å². The number of aryl methyl sites for hydroxylation is 2. The molecule has 15 heavy (non-hydrogen) atoms. The lowest BCUT2D eigenvalue weighted by molar-refractivity contribution is 0.732. The largest absolute Gasteiger partial charge is 0.237 e. The Labute approximate surface area is 97.1 Å². The average Bonchev–Trinajstić information content (AvgIpc) is 2.72. The third-order valence-electron chi connectivity index (χ3n) is 2.84. The number of hydrogen-bond donors (Lipinski definition) is 0. The van der Waals surface area contributed by atoms with Crippen molar-refractivity contribution in [2.45, 2.75) is 18.2 Å². The number of hydrogen-bond acceptors (Lipinski definition) is 1. The van der Waals surface area contributed by atoms with E-state index in [-0.39, 0.29) is 0 Å². The zero-order chi connectivity index (χ0) is 10.3. The van der Waals surface area contributed by atoms with Crippen molar-refractivity contribution in [2.24, 2.45) is 0 Å². The van der Waals surface area contributed by atoms with Crippen LogP contribution in [0.3, 0.4) is 0 Å². The van der Waals surface area contributed by atoms with Gasteiger partial charge in [-0.1, -0.05) is 34.1 Å². The number of alkyl halides is 1. The van der Waals surface area contributed by atoms with Gasteiger partial charge in [0.2, 0.25) is 0 Å². The van der Waals surface area contributed by atoms with Gasteiger partial charge in [-0.3, -0.25) is 0 Å². The summed E-state index contributed by atoms with van der Waals surface area (Å²) in [6.45, 7) is 0. The maximum absolute atomic E-state index is 4.58. The van der Waals surface area contributed by atoms with E-state index in [0.29, 0.717) is 0 Å². The van der Waals surface area contributed by atoms with Crippen molar-refractivity contribution in [3.05, 3.63) is 47.3 Å². The summed E-state index contributed by atoms with van der Waals surface area (Å²) < 4.78 is 2.08. The van der Waals surface area contributed by atoms with Gasteiger partial charge in [0.25, 0.3) is 0 Å². The molecule has 0 saturated heterocycles. The number of para-hydroxylation sites is 1. The van der Waals surface area contributed by atoms with E-state index < -0.39 is 0 Å². The first kappa shape index (κ1) is 9.16. The number of aromatic nitrogens is 2. The van der Waals surface area contributed by atoms with Crippen LogP contribution in [0.5, 0.6) is 0 Å². The maximum atomic E-state index is 4.58. The van der Waals surface area contributed by atoms with E-state index in [1.807, 2.05) is 0 Å². The molecule has 0 amide bonds. The number of nitrogens with zero attached hydrogens (tertiary/aromatic N) is 2. The van der Waals surface area contributed by atoms with Crippen molar-refractivity contribution in [3.63, 3.8) is 0 Å². The quantitative estimate of drug-likeness (QED) is 0.723. The van der Waals surface area contributed by atoms with E-state index >= 15 is 0 Å². The predicted molar refractivity (Wildman–Crippen MR) is 63.6 cm³/mol. The summed E-state index contributed by atoms with van der Waals surface area (Å²) in [5.41, 5.74) is 5.07. The number of fused-ring (bicyclic) bond motifs is 3. The smallest absolute Gasteiger partial charge is 0.0737 e. The summed E-state index contributed by atoms with van der Waals surface area (Å²) in [6, 6.07) is 10.7. The zero-order valence-corrected chi connectivity index (χ0v) is 9.87. The predicted octanol–water partition coefficient (Wildman–Crippen LogP) is 2.87. The van der Waals surface area contributed by atoms with Gasteiger partial charge in [-0.05, 0) is 30.5 Å². The summed E-state index contributed by atoms with van der Waals surface area (Å²) in [5, 5.41) is 5.41. The molecule has 3 heteroatoms. The minimum atomic E-state index is 0.829. The molecule has 0 atom stereocenters. The molecule has 0 bridgehead atoms. The van der Waals surface area contributed by atoms with Crippen LogP contribution in [-0.2, 0) is 18.2 Å². The Morgan fingerprint density at radius 3 is 3.00 bits per heavy atom. The molecule has 0 N–H and O–H groups in total. The Balaban J connectivity index is 2.20. The molecular weight excluding hydrogens is 252 g/mol. The van der Waals surface area contributed by atoms with Crippen LogP contribution >= 0.6 is 15.9 Å². The van der Waals surface area contributed by atoms with Gasteiger partial charge in [0.15, 0.2) is 0 Å². The molecule has 1 aliphatic rings. The molecule has 1 aromatic carbocycles. The molecule has 0 unspecified atom stereocenters. The van der Waals surface area contributed by atoms with Crippen molar-refractivity contribution in [1.29, 1.82) is 0 Å². The fourth-order valence-corrected chi connectivity index (χ4v) is 2.39. The summed E-state index contributed by atoms with van der Waals surface area (Å²) in [7, 11) is 0. The topological polar surface area (TPSA) is 17.8 Å². The number of benzene rings is 1. The molecule has 0 fully saturated rings. The first-order chi connectivity index (χ1) is 7.38. The summed E-state index contributed by atoms with van der Waals surface area (Å²) in [5.74, 6) is 0. The van der Waals surface area contributed by atoms with Gasteiger partial charge in [-0.15, -0.1) is 0 Å². The van der Waals surface area contributed by atoms with Crippen molar-refractivity contribution >= 4 is 15.9 Å². The second-order valence-corrected chi connectivity index (χ2v) is 4.36. The first-order valence-corrected chi connectivity index (χ1v) is 6.22. The standard InChI is InChI=1S/C12H11BrN2/c13-8-10-7-11-6-5-9-3-1-2-4-12(9)15(11)14-10/h1-4,7H,5-6,8H2. The van der Waals surface area contributed by atoms with Gasteiger partial charge < -0.3 is 0 Å². The maximum Gasteiger partial charge on any atom is 0.0737 e. The lowest BCUT2D eigenvalue weighted by Gasteiger charge is -2.17. The highest BCUT2D eigenvalue weighted by Gasteiger charge is 2.16. The molecule has 0 saturated carbocycles. The summed E-state index contributed by atoms with van der Waals surface area (Å²) >= 11 is 3.45. The van der Waals surface area contributed by atoms with E-state index in [1.54, 1.807) is 0 Å². The van der Waals surface area contributed by atoms with Crippen LogP contribution in [0.15, 0.2) is 30.3 Å². The van der Waals surface area contributed by atoms with Crippen molar-refractivity contribution in [3.8, 4) is 5.69 Å². The van der Waals surface area contributed by atoms with E-state index in [2.05, 4.69) is 56.0 Å². The van der Waals surface area contributed by atoms with Crippen LogP contribution in [0, 0.1) is 0 Å². The van der Waals surface area contributed by atoms with Crippen LogP contribution in [-0.4, -0.2) is 9.78 Å².